The molecule has 25 heavy (non-hydrogen) atoms. The predicted octanol–water partition coefficient (Wildman–Crippen LogP) is 2.28. The van der Waals surface area contributed by atoms with Gasteiger partial charge in [0.25, 0.3) is 11.8 Å². The smallest absolute Gasteiger partial charge is 0.277 e. The first kappa shape index (κ1) is 17.6. The maximum absolute atomic E-state index is 13.3. The van der Waals surface area contributed by atoms with Crippen LogP contribution >= 0.6 is 0 Å². The largest absolute Gasteiger partial charge is 0.383 e. The van der Waals surface area contributed by atoms with Gasteiger partial charge in [0.2, 0.25) is 0 Å². The van der Waals surface area contributed by atoms with Gasteiger partial charge in [-0.2, -0.15) is 0 Å². The molecule has 0 aromatic heterocycles. The summed E-state index contributed by atoms with van der Waals surface area (Å²) in [7, 11) is 1.53. The van der Waals surface area contributed by atoms with Crippen LogP contribution in [0, 0.1) is 11.7 Å². The van der Waals surface area contributed by atoms with Crippen molar-refractivity contribution >= 4 is 17.4 Å². The van der Waals surface area contributed by atoms with Gasteiger partial charge in [-0.3, -0.25) is 14.5 Å². The summed E-state index contributed by atoms with van der Waals surface area (Å²) >= 11 is 0. The standard InChI is InChI=1S/C19H23FN2O3/c1-13-4-3-9-21(12-13)17-16(14-5-7-15(20)8-6-14)18(23)22(19(17)24)10-11-25-2/h5-8,13H,3-4,9-12H2,1-2H3. The molecule has 0 saturated carbocycles. The summed E-state index contributed by atoms with van der Waals surface area (Å²) in [5.41, 5.74) is 1.39. The fraction of sp³-hybridized carbons (Fsp3) is 0.474. The number of benzene rings is 1. The number of imide groups is 1. The van der Waals surface area contributed by atoms with Crippen molar-refractivity contribution in [3.63, 3.8) is 0 Å². The number of likely N-dealkylation sites (tertiary alicyclic amines) is 1. The van der Waals surface area contributed by atoms with Gasteiger partial charge in [-0.05, 0) is 36.5 Å². The molecule has 0 radical (unpaired) electrons. The highest BCUT2D eigenvalue weighted by Gasteiger charge is 2.41. The predicted molar refractivity (Wildman–Crippen MR) is 91.9 cm³/mol. The first-order valence-corrected chi connectivity index (χ1v) is 8.63. The molecule has 2 aliphatic heterocycles. The van der Waals surface area contributed by atoms with Crippen LogP contribution in [0.2, 0.25) is 0 Å². The lowest BCUT2D eigenvalue weighted by Crippen LogP contribution is -2.40. The molecular formula is C19H23FN2O3. The Hall–Kier alpha value is -2.21. The van der Waals surface area contributed by atoms with Gasteiger partial charge in [-0.15, -0.1) is 0 Å². The van der Waals surface area contributed by atoms with Gasteiger partial charge >= 0.3 is 0 Å². The van der Waals surface area contributed by atoms with Crippen molar-refractivity contribution in [3.05, 3.63) is 41.3 Å². The maximum atomic E-state index is 13.3. The maximum Gasteiger partial charge on any atom is 0.277 e. The first-order valence-electron chi connectivity index (χ1n) is 8.63. The number of halogens is 1. The molecule has 1 atom stereocenters. The van der Waals surface area contributed by atoms with E-state index >= 15 is 0 Å². The van der Waals surface area contributed by atoms with Crippen LogP contribution in [0.5, 0.6) is 0 Å². The van der Waals surface area contributed by atoms with E-state index in [-0.39, 0.29) is 30.8 Å². The molecule has 6 heteroatoms. The highest BCUT2D eigenvalue weighted by Crippen LogP contribution is 2.33. The second-order valence-corrected chi connectivity index (χ2v) is 6.68. The lowest BCUT2D eigenvalue weighted by Gasteiger charge is -2.33. The van der Waals surface area contributed by atoms with Gasteiger partial charge in [0, 0.05) is 20.2 Å². The highest BCUT2D eigenvalue weighted by atomic mass is 19.1. The Morgan fingerprint density at radius 3 is 2.56 bits per heavy atom. The number of rotatable bonds is 5. The van der Waals surface area contributed by atoms with Crippen molar-refractivity contribution in [2.45, 2.75) is 19.8 Å². The Labute approximate surface area is 147 Å². The summed E-state index contributed by atoms with van der Waals surface area (Å²) in [6.07, 6.45) is 2.10. The summed E-state index contributed by atoms with van der Waals surface area (Å²) in [4.78, 5) is 29.1. The molecule has 134 valence electrons. The Balaban J connectivity index is 2.02. The third-order valence-electron chi connectivity index (χ3n) is 4.77. The summed E-state index contributed by atoms with van der Waals surface area (Å²) in [5.74, 6) is -0.519. The SMILES string of the molecule is COCCN1C(=O)C(c2ccc(F)cc2)=C(N2CCCC(C)C2)C1=O. The van der Waals surface area contributed by atoms with Crippen LogP contribution in [-0.2, 0) is 14.3 Å². The van der Waals surface area contributed by atoms with E-state index in [1.165, 1.54) is 24.1 Å². The molecule has 2 aliphatic rings. The summed E-state index contributed by atoms with van der Waals surface area (Å²) in [6, 6.07) is 5.74. The van der Waals surface area contributed by atoms with E-state index in [4.69, 9.17) is 4.74 Å². The van der Waals surface area contributed by atoms with E-state index in [0.717, 1.165) is 25.9 Å². The molecule has 0 N–H and O–H groups in total. The van der Waals surface area contributed by atoms with E-state index in [2.05, 4.69) is 6.92 Å². The number of piperidine rings is 1. The Kier molecular flexibility index (Phi) is 5.18. The number of nitrogens with zero attached hydrogens (tertiary/aromatic N) is 2. The van der Waals surface area contributed by atoms with Crippen molar-refractivity contribution in [2.24, 2.45) is 5.92 Å². The van der Waals surface area contributed by atoms with Crippen LogP contribution in [0.3, 0.4) is 0 Å². The third kappa shape index (κ3) is 3.44. The Morgan fingerprint density at radius 1 is 1.20 bits per heavy atom. The Morgan fingerprint density at radius 2 is 1.92 bits per heavy atom. The van der Waals surface area contributed by atoms with Gasteiger partial charge in [0.05, 0.1) is 18.7 Å². The van der Waals surface area contributed by atoms with Crippen LogP contribution in [0.25, 0.3) is 5.57 Å². The molecule has 2 heterocycles. The van der Waals surface area contributed by atoms with Crippen LogP contribution in [0.15, 0.2) is 30.0 Å². The van der Waals surface area contributed by atoms with Gasteiger partial charge in [-0.1, -0.05) is 19.1 Å². The molecule has 2 amide bonds. The second-order valence-electron chi connectivity index (χ2n) is 6.68. The van der Waals surface area contributed by atoms with Gasteiger partial charge in [-0.25, -0.2) is 4.39 Å². The number of amides is 2. The van der Waals surface area contributed by atoms with E-state index < -0.39 is 0 Å². The van der Waals surface area contributed by atoms with Crippen LogP contribution < -0.4 is 0 Å². The van der Waals surface area contributed by atoms with Gasteiger partial charge in [0.15, 0.2) is 0 Å². The minimum atomic E-state index is -0.370. The van der Waals surface area contributed by atoms with Crippen LogP contribution in [0.1, 0.15) is 25.3 Å². The number of ether oxygens (including phenoxy) is 1. The zero-order valence-corrected chi connectivity index (χ0v) is 14.6. The zero-order chi connectivity index (χ0) is 18.0. The molecule has 1 aromatic carbocycles. The molecule has 1 unspecified atom stereocenters. The molecule has 1 fully saturated rings. The Bertz CT molecular complexity index is 699. The zero-order valence-electron chi connectivity index (χ0n) is 14.6. The number of hydrogen-bond donors (Lipinski definition) is 0. The highest BCUT2D eigenvalue weighted by molar-refractivity contribution is 6.35. The summed E-state index contributed by atoms with van der Waals surface area (Å²) < 4.78 is 18.3. The van der Waals surface area contributed by atoms with Gasteiger partial charge in [0.1, 0.15) is 11.5 Å². The monoisotopic (exact) mass is 346 g/mol. The number of hydrogen-bond acceptors (Lipinski definition) is 4. The third-order valence-corrected chi connectivity index (χ3v) is 4.77. The first-order chi connectivity index (χ1) is 12.0. The molecule has 0 bridgehead atoms. The average Bonchev–Trinajstić information content (AvgIpc) is 2.84. The minimum absolute atomic E-state index is 0.214. The van der Waals surface area contributed by atoms with Crippen molar-refractivity contribution in [1.82, 2.24) is 9.80 Å². The lowest BCUT2D eigenvalue weighted by atomic mass is 9.98. The van der Waals surface area contributed by atoms with Crippen molar-refractivity contribution in [2.75, 3.05) is 33.4 Å². The number of carbonyl (C=O) groups excluding carboxylic acids is 2. The number of methoxy groups -OCH3 is 1. The van der Waals surface area contributed by atoms with Crippen molar-refractivity contribution in [1.29, 1.82) is 0 Å². The van der Waals surface area contributed by atoms with E-state index in [1.54, 1.807) is 12.1 Å². The summed E-state index contributed by atoms with van der Waals surface area (Å²) in [6.45, 7) is 4.15. The molecule has 1 aromatic rings. The van der Waals surface area contributed by atoms with Gasteiger partial charge < -0.3 is 9.64 Å². The topological polar surface area (TPSA) is 49.9 Å². The molecule has 0 spiro atoms. The molecular weight excluding hydrogens is 323 g/mol. The number of carbonyl (C=O) groups is 2. The summed E-state index contributed by atoms with van der Waals surface area (Å²) in [5, 5.41) is 0. The molecule has 3 rings (SSSR count). The minimum Gasteiger partial charge on any atom is -0.383 e. The van der Waals surface area contributed by atoms with E-state index in [1.807, 2.05) is 4.90 Å². The quantitative estimate of drug-likeness (QED) is 0.768. The van der Waals surface area contributed by atoms with E-state index in [9.17, 15) is 14.0 Å². The van der Waals surface area contributed by atoms with Crippen LogP contribution in [-0.4, -0.2) is 55.0 Å². The molecule has 5 nitrogen and oxygen atoms in total. The normalized spacial score (nSPS) is 21.5. The fourth-order valence-corrected chi connectivity index (χ4v) is 3.51. The molecule has 0 aliphatic carbocycles. The van der Waals surface area contributed by atoms with Crippen LogP contribution in [0.4, 0.5) is 4.39 Å². The molecule has 1 saturated heterocycles. The van der Waals surface area contributed by atoms with Crippen molar-refractivity contribution in [3.8, 4) is 0 Å². The average molecular weight is 346 g/mol. The lowest BCUT2D eigenvalue weighted by molar-refractivity contribution is -0.138. The fourth-order valence-electron chi connectivity index (χ4n) is 3.51. The van der Waals surface area contributed by atoms with Crippen molar-refractivity contribution < 1.29 is 18.7 Å². The van der Waals surface area contributed by atoms with E-state index in [0.29, 0.717) is 22.8 Å². The second kappa shape index (κ2) is 7.35.